The fourth-order valence-corrected chi connectivity index (χ4v) is 2.60. The summed E-state index contributed by atoms with van der Waals surface area (Å²) in [5.41, 5.74) is 7.76. The molecule has 0 radical (unpaired) electrons. The van der Waals surface area contributed by atoms with E-state index in [1.165, 1.54) is 0 Å². The van der Waals surface area contributed by atoms with Gasteiger partial charge in [0, 0.05) is 17.7 Å². The van der Waals surface area contributed by atoms with E-state index >= 15 is 0 Å². The van der Waals surface area contributed by atoms with Crippen molar-refractivity contribution in [3.63, 3.8) is 0 Å². The lowest BCUT2D eigenvalue weighted by Gasteiger charge is -2.24. The van der Waals surface area contributed by atoms with E-state index in [-0.39, 0.29) is 18.6 Å². The lowest BCUT2D eigenvalue weighted by molar-refractivity contribution is 0.0677. The minimum Gasteiger partial charge on any atom is -0.394 e. The lowest BCUT2D eigenvalue weighted by atomic mass is 10.0. The van der Waals surface area contributed by atoms with E-state index in [4.69, 9.17) is 5.73 Å². The third kappa shape index (κ3) is 2.84. The fourth-order valence-electron chi connectivity index (χ4n) is 2.60. The highest BCUT2D eigenvalue weighted by Crippen LogP contribution is 2.22. The largest absolute Gasteiger partial charge is 0.394 e. The normalized spacial score (nSPS) is 17.8. The molecule has 1 aliphatic rings. The number of hydrogen-bond donors (Lipinski definition) is 2. The van der Waals surface area contributed by atoms with Crippen LogP contribution >= 0.6 is 0 Å². The monoisotopic (exact) mass is 272 g/mol. The zero-order valence-electron chi connectivity index (χ0n) is 11.7. The first-order chi connectivity index (χ1) is 9.69. The summed E-state index contributed by atoms with van der Waals surface area (Å²) < 4.78 is 0. The summed E-state index contributed by atoms with van der Waals surface area (Å²) in [4.78, 5) is 14.4. The van der Waals surface area contributed by atoms with Crippen LogP contribution in [0.5, 0.6) is 0 Å². The van der Waals surface area contributed by atoms with Crippen LogP contribution in [0.15, 0.2) is 18.2 Å². The Kier molecular flexibility index (Phi) is 4.78. The average molecular weight is 272 g/mol. The summed E-state index contributed by atoms with van der Waals surface area (Å²) in [6.45, 7) is 2.94. The molecule has 1 aliphatic heterocycles. The molecule has 1 amide bonds. The van der Waals surface area contributed by atoms with Gasteiger partial charge in [0.1, 0.15) is 0 Å². The van der Waals surface area contributed by atoms with Crippen LogP contribution < -0.4 is 5.73 Å². The van der Waals surface area contributed by atoms with Crippen LogP contribution in [0.25, 0.3) is 0 Å². The molecule has 4 nitrogen and oxygen atoms in total. The Bertz CT molecular complexity index is 557. The summed E-state index contributed by atoms with van der Waals surface area (Å²) in [7, 11) is 0. The van der Waals surface area contributed by atoms with Gasteiger partial charge in [-0.05, 0) is 37.5 Å². The number of rotatable bonds is 2. The van der Waals surface area contributed by atoms with Gasteiger partial charge < -0.3 is 15.7 Å². The maximum absolute atomic E-state index is 12.6. The zero-order valence-corrected chi connectivity index (χ0v) is 11.7. The molecule has 1 heterocycles. The standard InChI is InChI=1S/C16H20N2O2/c1-12-13(6-3-9-17)5-2-8-15(12)16(20)18-10-4-7-14(18)11-19/h2,5,8,14,19H,4,7,9-11,17H2,1H3. The smallest absolute Gasteiger partial charge is 0.254 e. The van der Waals surface area contributed by atoms with Crippen LogP contribution in [0.3, 0.4) is 0 Å². The van der Waals surface area contributed by atoms with Gasteiger partial charge in [-0.1, -0.05) is 17.9 Å². The molecular formula is C16H20N2O2. The van der Waals surface area contributed by atoms with Gasteiger partial charge in [-0.3, -0.25) is 4.79 Å². The Hall–Kier alpha value is -1.83. The first kappa shape index (κ1) is 14.6. The predicted octanol–water partition coefficient (Wildman–Crippen LogP) is 0.902. The van der Waals surface area contributed by atoms with E-state index in [0.717, 1.165) is 24.0 Å². The second kappa shape index (κ2) is 6.56. The highest BCUT2D eigenvalue weighted by Gasteiger charge is 2.29. The summed E-state index contributed by atoms with van der Waals surface area (Å²) in [6.07, 6.45) is 1.82. The van der Waals surface area contributed by atoms with E-state index in [9.17, 15) is 9.90 Å². The number of aliphatic hydroxyl groups is 1. The molecule has 0 saturated carbocycles. The van der Waals surface area contributed by atoms with Crippen LogP contribution in [0.2, 0.25) is 0 Å². The van der Waals surface area contributed by atoms with Crippen LogP contribution in [0.4, 0.5) is 0 Å². The summed E-state index contributed by atoms with van der Waals surface area (Å²) in [5.74, 6) is 5.78. The van der Waals surface area contributed by atoms with Crippen molar-refractivity contribution in [2.45, 2.75) is 25.8 Å². The van der Waals surface area contributed by atoms with Gasteiger partial charge in [-0.2, -0.15) is 0 Å². The van der Waals surface area contributed by atoms with Crippen LogP contribution in [0, 0.1) is 18.8 Å². The topological polar surface area (TPSA) is 66.6 Å². The fraction of sp³-hybridized carbons (Fsp3) is 0.438. The molecule has 0 aliphatic carbocycles. The first-order valence-electron chi connectivity index (χ1n) is 6.89. The van der Waals surface area contributed by atoms with Crippen molar-refractivity contribution in [3.05, 3.63) is 34.9 Å². The summed E-state index contributed by atoms with van der Waals surface area (Å²) in [5, 5.41) is 9.34. The Morgan fingerprint density at radius 1 is 1.55 bits per heavy atom. The SMILES string of the molecule is Cc1c(C#CCN)cccc1C(=O)N1CCCC1CO. The van der Waals surface area contributed by atoms with Crippen molar-refractivity contribution < 1.29 is 9.90 Å². The van der Waals surface area contributed by atoms with Crippen molar-refractivity contribution in [1.82, 2.24) is 4.90 Å². The maximum atomic E-state index is 12.6. The number of likely N-dealkylation sites (tertiary alicyclic amines) is 1. The Morgan fingerprint density at radius 3 is 3.05 bits per heavy atom. The lowest BCUT2D eigenvalue weighted by Crippen LogP contribution is -2.38. The number of aliphatic hydroxyl groups excluding tert-OH is 1. The number of amides is 1. The number of benzene rings is 1. The summed E-state index contributed by atoms with van der Waals surface area (Å²) >= 11 is 0. The molecule has 2 rings (SSSR count). The van der Waals surface area contributed by atoms with Gasteiger partial charge in [0.25, 0.3) is 5.91 Å². The van der Waals surface area contributed by atoms with Crippen molar-refractivity contribution in [3.8, 4) is 11.8 Å². The van der Waals surface area contributed by atoms with E-state index < -0.39 is 0 Å². The maximum Gasteiger partial charge on any atom is 0.254 e. The van der Waals surface area contributed by atoms with Gasteiger partial charge >= 0.3 is 0 Å². The van der Waals surface area contributed by atoms with Crippen LogP contribution in [0.1, 0.15) is 34.3 Å². The first-order valence-corrected chi connectivity index (χ1v) is 6.89. The van der Waals surface area contributed by atoms with Crippen molar-refractivity contribution in [2.75, 3.05) is 19.7 Å². The van der Waals surface area contributed by atoms with E-state index in [1.807, 2.05) is 25.1 Å². The predicted molar refractivity (Wildman–Crippen MR) is 78.3 cm³/mol. The molecule has 1 unspecified atom stereocenters. The molecule has 4 heteroatoms. The molecule has 1 atom stereocenters. The van der Waals surface area contributed by atoms with E-state index in [0.29, 0.717) is 18.7 Å². The molecule has 1 aromatic carbocycles. The molecule has 0 spiro atoms. The number of hydrogen-bond acceptors (Lipinski definition) is 3. The molecular weight excluding hydrogens is 252 g/mol. The van der Waals surface area contributed by atoms with Gasteiger partial charge in [0.2, 0.25) is 0 Å². The molecule has 1 saturated heterocycles. The number of nitrogens with zero attached hydrogens (tertiary/aromatic N) is 1. The van der Waals surface area contributed by atoms with Gasteiger partial charge in [-0.25, -0.2) is 0 Å². The van der Waals surface area contributed by atoms with Crippen molar-refractivity contribution in [2.24, 2.45) is 5.73 Å². The van der Waals surface area contributed by atoms with Crippen molar-refractivity contribution in [1.29, 1.82) is 0 Å². The van der Waals surface area contributed by atoms with E-state index in [1.54, 1.807) is 4.90 Å². The number of nitrogens with two attached hydrogens (primary N) is 1. The van der Waals surface area contributed by atoms with Crippen LogP contribution in [-0.2, 0) is 0 Å². The van der Waals surface area contributed by atoms with Gasteiger partial charge in [0.05, 0.1) is 19.2 Å². The molecule has 0 aromatic heterocycles. The quantitative estimate of drug-likeness (QED) is 0.786. The Morgan fingerprint density at radius 2 is 2.35 bits per heavy atom. The van der Waals surface area contributed by atoms with Crippen LogP contribution in [-0.4, -0.2) is 41.7 Å². The van der Waals surface area contributed by atoms with Gasteiger partial charge in [-0.15, -0.1) is 0 Å². The third-order valence-electron chi connectivity index (χ3n) is 3.74. The van der Waals surface area contributed by atoms with Gasteiger partial charge in [0.15, 0.2) is 0 Å². The second-order valence-electron chi connectivity index (χ2n) is 4.96. The molecule has 3 N–H and O–H groups in total. The molecule has 106 valence electrons. The third-order valence-corrected chi connectivity index (χ3v) is 3.74. The molecule has 1 aromatic rings. The minimum atomic E-state index is -0.0549. The number of carbonyl (C=O) groups excluding carboxylic acids is 1. The van der Waals surface area contributed by atoms with Crippen molar-refractivity contribution >= 4 is 5.91 Å². The summed E-state index contributed by atoms with van der Waals surface area (Å²) in [6, 6.07) is 5.49. The van der Waals surface area contributed by atoms with E-state index in [2.05, 4.69) is 11.8 Å². The molecule has 0 bridgehead atoms. The highest BCUT2D eigenvalue weighted by atomic mass is 16.3. The Balaban J connectivity index is 2.30. The Labute approximate surface area is 119 Å². The molecule has 20 heavy (non-hydrogen) atoms. The zero-order chi connectivity index (χ0) is 14.5. The number of carbonyl (C=O) groups is 1. The molecule has 1 fully saturated rings. The minimum absolute atomic E-state index is 0.0181. The second-order valence-corrected chi connectivity index (χ2v) is 4.96. The highest BCUT2D eigenvalue weighted by molar-refractivity contribution is 5.96. The average Bonchev–Trinajstić information content (AvgIpc) is 2.94.